The Morgan fingerprint density at radius 3 is 2.89 bits per heavy atom. The highest BCUT2D eigenvalue weighted by molar-refractivity contribution is 5.84. The molecule has 3 N–H and O–H groups in total. The lowest BCUT2D eigenvalue weighted by atomic mass is 9.95. The Labute approximate surface area is 115 Å². The fourth-order valence-corrected chi connectivity index (χ4v) is 2.57. The van der Waals surface area contributed by atoms with Gasteiger partial charge in [-0.05, 0) is 44.9 Å². The molecule has 1 aromatic carbocycles. The molecule has 1 amide bonds. The molecule has 0 fully saturated rings. The van der Waals surface area contributed by atoms with Crippen LogP contribution < -0.4 is 16.0 Å². The van der Waals surface area contributed by atoms with Crippen molar-refractivity contribution in [2.24, 2.45) is 5.73 Å². The van der Waals surface area contributed by atoms with Gasteiger partial charge in [0.2, 0.25) is 5.91 Å². The number of likely N-dealkylation sites (N-methyl/N-ethyl adjacent to an activating group) is 1. The van der Waals surface area contributed by atoms with Gasteiger partial charge < -0.3 is 16.0 Å². The first kappa shape index (κ1) is 13.9. The van der Waals surface area contributed by atoms with Gasteiger partial charge in [0, 0.05) is 18.8 Å². The lowest BCUT2D eigenvalue weighted by Crippen LogP contribution is -2.53. The Morgan fingerprint density at radius 1 is 1.47 bits per heavy atom. The molecule has 1 atom stereocenters. The number of nitrogens with one attached hydrogen (secondary N) is 1. The van der Waals surface area contributed by atoms with Gasteiger partial charge in [-0.15, -0.1) is 0 Å². The van der Waals surface area contributed by atoms with Gasteiger partial charge in [-0.3, -0.25) is 4.79 Å². The number of carbonyl (C=O) groups excluding carboxylic acids is 1. The highest BCUT2D eigenvalue weighted by atomic mass is 16.1. The predicted molar refractivity (Wildman–Crippen MR) is 78.3 cm³/mol. The number of benzene rings is 1. The second kappa shape index (κ2) is 5.61. The second-order valence-corrected chi connectivity index (χ2v) is 5.42. The summed E-state index contributed by atoms with van der Waals surface area (Å²) < 4.78 is 0. The van der Waals surface area contributed by atoms with Crippen LogP contribution >= 0.6 is 0 Å². The molecule has 0 saturated carbocycles. The van der Waals surface area contributed by atoms with Gasteiger partial charge in [0.15, 0.2) is 0 Å². The average molecular weight is 261 g/mol. The number of aryl methyl sites for hydroxylation is 1. The average Bonchev–Trinajstić information content (AvgIpc) is 2.44. The minimum absolute atomic E-state index is 0.291. The van der Waals surface area contributed by atoms with E-state index < -0.39 is 5.54 Å². The third kappa shape index (κ3) is 2.89. The Morgan fingerprint density at radius 2 is 2.21 bits per heavy atom. The van der Waals surface area contributed by atoms with Crippen LogP contribution in [-0.2, 0) is 11.2 Å². The number of primary amides is 1. The molecule has 1 aliphatic rings. The maximum Gasteiger partial charge on any atom is 0.237 e. The Bertz CT molecular complexity index is 460. The third-order valence-corrected chi connectivity index (χ3v) is 4.18. The molecule has 0 aromatic heterocycles. The van der Waals surface area contributed by atoms with Gasteiger partial charge >= 0.3 is 0 Å². The van der Waals surface area contributed by atoms with E-state index in [0.29, 0.717) is 6.42 Å². The Balaban J connectivity index is 2.07. The van der Waals surface area contributed by atoms with E-state index in [2.05, 4.69) is 34.5 Å². The summed E-state index contributed by atoms with van der Waals surface area (Å²) in [7, 11) is 1.79. The zero-order chi connectivity index (χ0) is 13.9. The Hall–Kier alpha value is -1.55. The van der Waals surface area contributed by atoms with E-state index >= 15 is 0 Å². The summed E-state index contributed by atoms with van der Waals surface area (Å²) in [4.78, 5) is 13.9. The number of para-hydroxylation sites is 1. The van der Waals surface area contributed by atoms with E-state index in [1.165, 1.54) is 17.7 Å². The van der Waals surface area contributed by atoms with Gasteiger partial charge in [-0.25, -0.2) is 0 Å². The van der Waals surface area contributed by atoms with Gasteiger partial charge in [0.05, 0.1) is 5.54 Å². The summed E-state index contributed by atoms with van der Waals surface area (Å²) in [6.45, 7) is 3.76. The number of amides is 1. The highest BCUT2D eigenvalue weighted by Crippen LogP contribution is 2.27. The highest BCUT2D eigenvalue weighted by Gasteiger charge is 2.30. The molecule has 0 spiro atoms. The first-order valence-electron chi connectivity index (χ1n) is 6.88. The quantitative estimate of drug-likeness (QED) is 0.840. The first-order valence-corrected chi connectivity index (χ1v) is 6.88. The predicted octanol–water partition coefficient (Wildman–Crippen LogP) is 1.29. The molecule has 0 bridgehead atoms. The molecule has 0 aliphatic carbocycles. The van der Waals surface area contributed by atoms with Crippen molar-refractivity contribution in [3.63, 3.8) is 0 Å². The molecule has 19 heavy (non-hydrogen) atoms. The summed E-state index contributed by atoms with van der Waals surface area (Å²) in [5, 5.41) is 3.04. The zero-order valence-electron chi connectivity index (χ0n) is 11.8. The summed E-state index contributed by atoms with van der Waals surface area (Å²) in [6, 6.07) is 8.51. The Kier molecular flexibility index (Phi) is 4.10. The number of hydrogen-bond donors (Lipinski definition) is 2. The third-order valence-electron chi connectivity index (χ3n) is 4.18. The van der Waals surface area contributed by atoms with Crippen LogP contribution in [0.4, 0.5) is 5.69 Å². The number of hydrogen-bond acceptors (Lipinski definition) is 3. The maximum absolute atomic E-state index is 11.5. The van der Waals surface area contributed by atoms with E-state index in [1.807, 2.05) is 6.92 Å². The van der Waals surface area contributed by atoms with Crippen molar-refractivity contribution >= 4 is 11.6 Å². The topological polar surface area (TPSA) is 58.4 Å². The molecule has 4 heteroatoms. The SMILES string of the molecule is CNC(C)(CCN1CCCc2ccccc21)C(N)=O. The van der Waals surface area contributed by atoms with Crippen LogP contribution in [0, 0.1) is 0 Å². The lowest BCUT2D eigenvalue weighted by molar-refractivity contribution is -0.123. The van der Waals surface area contributed by atoms with Gasteiger partial charge in [0.1, 0.15) is 0 Å². The maximum atomic E-state index is 11.5. The summed E-state index contributed by atoms with van der Waals surface area (Å²) in [6.07, 6.45) is 3.03. The summed E-state index contributed by atoms with van der Waals surface area (Å²) in [5.41, 5.74) is 7.54. The fraction of sp³-hybridized carbons (Fsp3) is 0.533. The van der Waals surface area contributed by atoms with Crippen molar-refractivity contribution in [2.75, 3.05) is 25.0 Å². The van der Waals surface area contributed by atoms with Crippen LogP contribution in [0.15, 0.2) is 24.3 Å². The van der Waals surface area contributed by atoms with Crippen LogP contribution in [0.1, 0.15) is 25.3 Å². The van der Waals surface area contributed by atoms with Gasteiger partial charge in [-0.2, -0.15) is 0 Å². The molecule has 1 aliphatic heterocycles. The van der Waals surface area contributed by atoms with Crippen LogP contribution in [-0.4, -0.2) is 31.6 Å². The van der Waals surface area contributed by atoms with Crippen LogP contribution in [0.25, 0.3) is 0 Å². The second-order valence-electron chi connectivity index (χ2n) is 5.42. The van der Waals surface area contributed by atoms with Gasteiger partial charge in [-0.1, -0.05) is 18.2 Å². The van der Waals surface area contributed by atoms with E-state index in [4.69, 9.17) is 5.73 Å². The smallest absolute Gasteiger partial charge is 0.237 e. The molecule has 1 unspecified atom stereocenters. The van der Waals surface area contributed by atoms with E-state index in [9.17, 15) is 4.79 Å². The number of anilines is 1. The van der Waals surface area contributed by atoms with Crippen molar-refractivity contribution in [1.82, 2.24) is 5.32 Å². The van der Waals surface area contributed by atoms with Gasteiger partial charge in [0.25, 0.3) is 0 Å². The van der Waals surface area contributed by atoms with Crippen LogP contribution in [0.3, 0.4) is 0 Å². The van der Waals surface area contributed by atoms with Crippen molar-refractivity contribution in [2.45, 2.75) is 31.7 Å². The van der Waals surface area contributed by atoms with Crippen molar-refractivity contribution in [3.8, 4) is 0 Å². The van der Waals surface area contributed by atoms with E-state index in [1.54, 1.807) is 7.05 Å². The number of nitrogens with zero attached hydrogens (tertiary/aromatic N) is 1. The summed E-state index contributed by atoms with van der Waals surface area (Å²) >= 11 is 0. The number of carbonyl (C=O) groups is 1. The molecular formula is C15H23N3O. The number of fused-ring (bicyclic) bond motifs is 1. The largest absolute Gasteiger partial charge is 0.371 e. The number of nitrogens with two attached hydrogens (primary N) is 1. The van der Waals surface area contributed by atoms with Crippen molar-refractivity contribution in [1.29, 1.82) is 0 Å². The minimum atomic E-state index is -0.633. The molecular weight excluding hydrogens is 238 g/mol. The van der Waals surface area contributed by atoms with E-state index in [-0.39, 0.29) is 5.91 Å². The zero-order valence-corrected chi connectivity index (χ0v) is 11.8. The van der Waals surface area contributed by atoms with Crippen LogP contribution in [0.2, 0.25) is 0 Å². The minimum Gasteiger partial charge on any atom is -0.371 e. The normalized spacial score (nSPS) is 17.7. The monoisotopic (exact) mass is 261 g/mol. The lowest BCUT2D eigenvalue weighted by Gasteiger charge is -2.34. The fourth-order valence-electron chi connectivity index (χ4n) is 2.57. The molecule has 104 valence electrons. The summed E-state index contributed by atoms with van der Waals surface area (Å²) in [5.74, 6) is -0.291. The molecule has 1 aromatic rings. The van der Waals surface area contributed by atoms with E-state index in [0.717, 1.165) is 19.5 Å². The van der Waals surface area contributed by atoms with Crippen LogP contribution in [0.5, 0.6) is 0 Å². The van der Waals surface area contributed by atoms with Crippen molar-refractivity contribution < 1.29 is 4.79 Å². The molecule has 2 rings (SSSR count). The van der Waals surface area contributed by atoms with Crippen molar-refractivity contribution in [3.05, 3.63) is 29.8 Å². The molecule has 0 saturated heterocycles. The standard InChI is InChI=1S/C15H23N3O/c1-15(17-2,14(16)19)9-11-18-10-5-7-12-6-3-4-8-13(12)18/h3-4,6,8,17H,5,7,9-11H2,1-2H3,(H2,16,19). The molecule has 4 nitrogen and oxygen atoms in total. The first-order chi connectivity index (χ1) is 9.07. The molecule has 0 radical (unpaired) electrons. The number of rotatable bonds is 5. The molecule has 1 heterocycles.